The zero-order valence-corrected chi connectivity index (χ0v) is 11.3. The molecule has 2 heterocycles. The number of nitrogens with one attached hydrogen (secondary N) is 1. The van der Waals surface area contributed by atoms with Gasteiger partial charge in [-0.1, -0.05) is 10.4 Å². The van der Waals surface area contributed by atoms with Gasteiger partial charge in [0.15, 0.2) is 0 Å². The molecule has 2 aromatic rings. The van der Waals surface area contributed by atoms with E-state index in [4.69, 9.17) is 9.63 Å². The molecule has 19 heavy (non-hydrogen) atoms. The number of hydrogen-bond acceptors (Lipinski definition) is 6. The second kappa shape index (κ2) is 6.44. The van der Waals surface area contributed by atoms with E-state index in [-0.39, 0.29) is 6.61 Å². The predicted molar refractivity (Wildman–Crippen MR) is 68.2 cm³/mol. The average molecular weight is 265 g/mol. The van der Waals surface area contributed by atoms with Gasteiger partial charge in [-0.3, -0.25) is 4.68 Å². The van der Waals surface area contributed by atoms with Crippen LogP contribution in [0.5, 0.6) is 0 Å². The predicted octanol–water partition coefficient (Wildman–Crippen LogP) is 0.555. The van der Waals surface area contributed by atoms with E-state index in [9.17, 15) is 0 Å². The van der Waals surface area contributed by atoms with Crippen LogP contribution in [0.2, 0.25) is 0 Å². The van der Waals surface area contributed by atoms with Gasteiger partial charge in [0.25, 0.3) is 0 Å². The summed E-state index contributed by atoms with van der Waals surface area (Å²) in [5.74, 6) is 0.844. The van der Waals surface area contributed by atoms with E-state index in [1.54, 1.807) is 4.68 Å². The lowest BCUT2D eigenvalue weighted by Crippen LogP contribution is -2.14. The van der Waals surface area contributed by atoms with Crippen molar-refractivity contribution in [3.8, 4) is 0 Å². The first-order valence-electron chi connectivity index (χ1n) is 6.33. The third-order valence-corrected chi connectivity index (χ3v) is 2.92. The Morgan fingerprint density at radius 1 is 1.37 bits per heavy atom. The summed E-state index contributed by atoms with van der Waals surface area (Å²) in [6.07, 6.45) is 2.57. The Labute approximate surface area is 111 Å². The fraction of sp³-hybridized carbons (Fsp3) is 0.583. The second-order valence-corrected chi connectivity index (χ2v) is 4.46. The van der Waals surface area contributed by atoms with Crippen molar-refractivity contribution in [1.82, 2.24) is 25.5 Å². The van der Waals surface area contributed by atoms with Crippen molar-refractivity contribution in [2.24, 2.45) is 0 Å². The quantitative estimate of drug-likeness (QED) is 0.760. The van der Waals surface area contributed by atoms with Crippen LogP contribution in [0.25, 0.3) is 0 Å². The molecular formula is C12H19N5O2. The van der Waals surface area contributed by atoms with Crippen LogP contribution < -0.4 is 5.32 Å². The highest BCUT2D eigenvalue weighted by atomic mass is 16.5. The summed E-state index contributed by atoms with van der Waals surface area (Å²) in [5, 5.41) is 24.0. The minimum Gasteiger partial charge on any atom is -0.396 e. The van der Waals surface area contributed by atoms with E-state index < -0.39 is 0 Å². The van der Waals surface area contributed by atoms with Gasteiger partial charge in [-0.05, 0) is 20.3 Å². The lowest BCUT2D eigenvalue weighted by atomic mass is 10.2. The first-order valence-corrected chi connectivity index (χ1v) is 6.33. The van der Waals surface area contributed by atoms with Crippen molar-refractivity contribution in [3.63, 3.8) is 0 Å². The molecule has 7 nitrogen and oxygen atoms in total. The first kappa shape index (κ1) is 13.7. The maximum Gasteiger partial charge on any atom is 0.138 e. The fourth-order valence-electron chi connectivity index (χ4n) is 1.83. The van der Waals surface area contributed by atoms with Crippen LogP contribution >= 0.6 is 0 Å². The van der Waals surface area contributed by atoms with Gasteiger partial charge in [0.2, 0.25) is 0 Å². The third kappa shape index (κ3) is 3.62. The molecule has 0 bridgehead atoms. The molecule has 0 atom stereocenters. The first-order chi connectivity index (χ1) is 9.20. The molecule has 0 saturated heterocycles. The summed E-state index contributed by atoms with van der Waals surface area (Å²) >= 11 is 0. The number of aryl methyl sites for hydroxylation is 3. The maximum atomic E-state index is 8.74. The molecule has 0 radical (unpaired) electrons. The molecule has 0 aliphatic rings. The van der Waals surface area contributed by atoms with Crippen molar-refractivity contribution in [2.75, 3.05) is 6.61 Å². The summed E-state index contributed by atoms with van der Waals surface area (Å²) in [5.41, 5.74) is 2.88. The Hall–Kier alpha value is -1.73. The van der Waals surface area contributed by atoms with Gasteiger partial charge >= 0.3 is 0 Å². The smallest absolute Gasteiger partial charge is 0.138 e. The Bertz CT molecular complexity index is 500. The number of rotatable bonds is 7. The summed E-state index contributed by atoms with van der Waals surface area (Å²) < 4.78 is 6.84. The van der Waals surface area contributed by atoms with Gasteiger partial charge in [0.05, 0.1) is 11.4 Å². The minimum absolute atomic E-state index is 0.166. The highest BCUT2D eigenvalue weighted by Crippen LogP contribution is 2.11. The van der Waals surface area contributed by atoms with Crippen LogP contribution in [0.15, 0.2) is 10.7 Å². The molecule has 0 fully saturated rings. The number of aromatic nitrogens is 4. The molecule has 2 aromatic heterocycles. The molecular weight excluding hydrogens is 246 g/mol. The van der Waals surface area contributed by atoms with Gasteiger partial charge in [-0.15, -0.1) is 5.10 Å². The van der Waals surface area contributed by atoms with Crippen LogP contribution in [0, 0.1) is 13.8 Å². The summed E-state index contributed by atoms with van der Waals surface area (Å²) in [6, 6.07) is 0. The Kier molecular flexibility index (Phi) is 4.64. The van der Waals surface area contributed by atoms with Crippen molar-refractivity contribution in [1.29, 1.82) is 0 Å². The number of aliphatic hydroxyl groups excluding tert-OH is 1. The summed E-state index contributed by atoms with van der Waals surface area (Å²) in [6.45, 7) is 6.03. The molecule has 0 aliphatic carbocycles. The molecule has 0 aliphatic heterocycles. The van der Waals surface area contributed by atoms with E-state index in [2.05, 4.69) is 20.8 Å². The van der Waals surface area contributed by atoms with E-state index in [0.29, 0.717) is 26.1 Å². The maximum absolute atomic E-state index is 8.74. The molecule has 0 unspecified atom stereocenters. The normalized spacial score (nSPS) is 11.1. The average Bonchev–Trinajstić information content (AvgIpc) is 2.97. The van der Waals surface area contributed by atoms with Gasteiger partial charge in [0, 0.05) is 38.0 Å². The molecule has 2 N–H and O–H groups in total. The Morgan fingerprint density at radius 3 is 2.89 bits per heavy atom. The zero-order valence-electron chi connectivity index (χ0n) is 11.3. The van der Waals surface area contributed by atoms with Crippen LogP contribution in [0.4, 0.5) is 0 Å². The Morgan fingerprint density at radius 2 is 2.21 bits per heavy atom. The van der Waals surface area contributed by atoms with Crippen LogP contribution in [-0.2, 0) is 19.6 Å². The molecule has 0 spiro atoms. The highest BCUT2D eigenvalue weighted by molar-refractivity contribution is 5.20. The summed E-state index contributed by atoms with van der Waals surface area (Å²) in [4.78, 5) is 0. The second-order valence-electron chi connectivity index (χ2n) is 4.46. The Balaban J connectivity index is 1.81. The number of nitrogens with zero attached hydrogens (tertiary/aromatic N) is 4. The van der Waals surface area contributed by atoms with Gasteiger partial charge in [0.1, 0.15) is 5.76 Å². The standard InChI is InChI=1S/C12H19N5O2/c1-9-12(10(2)19-15-9)7-13-6-11-8-17(16-14-11)4-3-5-18/h8,13,18H,3-7H2,1-2H3. The molecule has 7 heteroatoms. The fourth-order valence-corrected chi connectivity index (χ4v) is 1.83. The van der Waals surface area contributed by atoms with Crippen molar-refractivity contribution in [2.45, 2.75) is 39.9 Å². The van der Waals surface area contributed by atoms with Crippen LogP contribution in [-0.4, -0.2) is 31.9 Å². The van der Waals surface area contributed by atoms with E-state index in [1.807, 2.05) is 20.0 Å². The van der Waals surface area contributed by atoms with Gasteiger partial charge in [-0.2, -0.15) is 0 Å². The monoisotopic (exact) mass is 265 g/mol. The van der Waals surface area contributed by atoms with Crippen LogP contribution in [0.1, 0.15) is 29.1 Å². The molecule has 0 aromatic carbocycles. The van der Waals surface area contributed by atoms with E-state index >= 15 is 0 Å². The van der Waals surface area contributed by atoms with E-state index in [1.165, 1.54) is 0 Å². The molecule has 0 saturated carbocycles. The lowest BCUT2D eigenvalue weighted by Gasteiger charge is -2.01. The van der Waals surface area contributed by atoms with Crippen LogP contribution in [0.3, 0.4) is 0 Å². The molecule has 2 rings (SSSR count). The highest BCUT2D eigenvalue weighted by Gasteiger charge is 2.08. The summed E-state index contributed by atoms with van der Waals surface area (Å²) in [7, 11) is 0. The number of aliphatic hydroxyl groups is 1. The number of hydrogen-bond donors (Lipinski definition) is 2. The van der Waals surface area contributed by atoms with Gasteiger partial charge in [-0.25, -0.2) is 0 Å². The van der Waals surface area contributed by atoms with Crippen molar-refractivity contribution >= 4 is 0 Å². The SMILES string of the molecule is Cc1noc(C)c1CNCc1cn(CCCO)nn1. The largest absolute Gasteiger partial charge is 0.396 e. The van der Waals surface area contributed by atoms with Gasteiger partial charge < -0.3 is 14.9 Å². The van der Waals surface area contributed by atoms with Crippen molar-refractivity contribution in [3.05, 3.63) is 28.9 Å². The zero-order chi connectivity index (χ0) is 13.7. The minimum atomic E-state index is 0.166. The lowest BCUT2D eigenvalue weighted by molar-refractivity contribution is 0.276. The third-order valence-electron chi connectivity index (χ3n) is 2.92. The topological polar surface area (TPSA) is 89.0 Å². The van der Waals surface area contributed by atoms with E-state index in [0.717, 1.165) is 22.7 Å². The molecule has 104 valence electrons. The molecule has 0 amide bonds. The van der Waals surface area contributed by atoms with Crippen molar-refractivity contribution < 1.29 is 9.63 Å².